The first-order chi connectivity index (χ1) is 10.2. The second-order valence-electron chi connectivity index (χ2n) is 4.32. The van der Waals surface area contributed by atoms with Crippen molar-refractivity contribution in [3.8, 4) is 5.69 Å². The maximum atomic E-state index is 13.8. The van der Waals surface area contributed by atoms with Crippen LogP contribution in [-0.4, -0.2) is 20.8 Å². The van der Waals surface area contributed by atoms with E-state index in [0.717, 1.165) is 6.07 Å². The average molecular weight is 302 g/mol. The molecule has 0 radical (unpaired) electrons. The van der Waals surface area contributed by atoms with Crippen LogP contribution in [0.15, 0.2) is 54.7 Å². The molecule has 0 aliphatic heterocycles. The molecule has 2 aromatic carbocycles. The van der Waals surface area contributed by atoms with Crippen molar-refractivity contribution < 1.29 is 9.18 Å². The first-order valence-electron chi connectivity index (χ1n) is 6.12. The molecule has 104 valence electrons. The Labute approximate surface area is 124 Å². The van der Waals surface area contributed by atoms with Gasteiger partial charge in [0.15, 0.2) is 0 Å². The van der Waals surface area contributed by atoms with Gasteiger partial charge in [0.25, 0.3) is 0 Å². The van der Waals surface area contributed by atoms with E-state index in [0.29, 0.717) is 10.7 Å². The van der Waals surface area contributed by atoms with Gasteiger partial charge in [0, 0.05) is 5.02 Å². The Morgan fingerprint density at radius 2 is 1.90 bits per heavy atom. The Morgan fingerprint density at radius 3 is 2.67 bits per heavy atom. The molecule has 0 spiro atoms. The number of para-hydroxylation sites is 1. The maximum absolute atomic E-state index is 13.8. The van der Waals surface area contributed by atoms with Crippen molar-refractivity contribution in [2.75, 3.05) is 0 Å². The molecule has 21 heavy (non-hydrogen) atoms. The minimum atomic E-state index is -0.634. The van der Waals surface area contributed by atoms with Crippen LogP contribution < -0.4 is 0 Å². The lowest BCUT2D eigenvalue weighted by Crippen LogP contribution is -2.11. The summed E-state index contributed by atoms with van der Waals surface area (Å²) < 4.78 is 15.2. The van der Waals surface area contributed by atoms with E-state index in [1.165, 1.54) is 23.0 Å². The van der Waals surface area contributed by atoms with Gasteiger partial charge in [-0.3, -0.25) is 4.79 Å². The van der Waals surface area contributed by atoms with Crippen molar-refractivity contribution >= 4 is 17.4 Å². The summed E-state index contributed by atoms with van der Waals surface area (Å²) in [5.41, 5.74) is 0.727. The molecule has 0 saturated heterocycles. The summed E-state index contributed by atoms with van der Waals surface area (Å²) in [6.07, 6.45) is 1.30. The van der Waals surface area contributed by atoms with Gasteiger partial charge in [-0.05, 0) is 30.3 Å². The fraction of sp³-hybridized carbons (Fsp3) is 0. The summed E-state index contributed by atoms with van der Waals surface area (Å²) in [6.45, 7) is 0. The molecular formula is C15H9ClFN3O. The van der Waals surface area contributed by atoms with Crippen LogP contribution in [0.2, 0.25) is 5.02 Å². The normalized spacial score (nSPS) is 10.6. The molecule has 3 rings (SSSR count). The van der Waals surface area contributed by atoms with Crippen molar-refractivity contribution in [2.24, 2.45) is 0 Å². The number of benzene rings is 2. The summed E-state index contributed by atoms with van der Waals surface area (Å²) in [6, 6.07) is 12.9. The molecule has 0 fully saturated rings. The number of carbonyl (C=O) groups excluding carboxylic acids is 1. The molecule has 1 aromatic heterocycles. The largest absolute Gasteiger partial charge is 0.287 e. The van der Waals surface area contributed by atoms with Crippen LogP contribution in [0.5, 0.6) is 0 Å². The summed E-state index contributed by atoms with van der Waals surface area (Å²) in [7, 11) is 0. The van der Waals surface area contributed by atoms with Crippen molar-refractivity contribution in [1.82, 2.24) is 15.0 Å². The lowest BCUT2D eigenvalue weighted by Gasteiger charge is -2.06. The van der Waals surface area contributed by atoms with Gasteiger partial charge in [0.2, 0.25) is 5.78 Å². The highest BCUT2D eigenvalue weighted by Gasteiger charge is 2.20. The second-order valence-corrected chi connectivity index (χ2v) is 4.76. The van der Waals surface area contributed by atoms with E-state index in [-0.39, 0.29) is 11.3 Å². The minimum absolute atomic E-state index is 0.109. The Morgan fingerprint density at radius 1 is 1.14 bits per heavy atom. The zero-order valence-corrected chi connectivity index (χ0v) is 11.5. The van der Waals surface area contributed by atoms with E-state index >= 15 is 0 Å². The molecule has 0 amide bonds. The highest BCUT2D eigenvalue weighted by atomic mass is 35.5. The van der Waals surface area contributed by atoms with E-state index in [1.807, 2.05) is 18.2 Å². The number of rotatable bonds is 3. The van der Waals surface area contributed by atoms with Crippen LogP contribution >= 0.6 is 11.6 Å². The summed E-state index contributed by atoms with van der Waals surface area (Å²) in [4.78, 5) is 12.5. The topological polar surface area (TPSA) is 47.8 Å². The van der Waals surface area contributed by atoms with E-state index in [4.69, 9.17) is 11.6 Å². The quantitative estimate of drug-likeness (QED) is 0.697. The Hall–Kier alpha value is -2.53. The lowest BCUT2D eigenvalue weighted by atomic mass is 10.1. The van der Waals surface area contributed by atoms with Crippen molar-refractivity contribution in [1.29, 1.82) is 0 Å². The van der Waals surface area contributed by atoms with Gasteiger partial charge in [0.1, 0.15) is 11.5 Å². The molecule has 0 aliphatic carbocycles. The first-order valence-corrected chi connectivity index (χ1v) is 6.50. The van der Waals surface area contributed by atoms with Gasteiger partial charge in [-0.2, -0.15) is 0 Å². The van der Waals surface area contributed by atoms with E-state index < -0.39 is 11.6 Å². The molecule has 0 N–H and O–H groups in total. The Bertz CT molecular complexity index is 802. The number of nitrogens with zero attached hydrogens (tertiary/aromatic N) is 3. The fourth-order valence-corrected chi connectivity index (χ4v) is 2.13. The number of halogens is 2. The van der Waals surface area contributed by atoms with Gasteiger partial charge in [-0.15, -0.1) is 5.10 Å². The van der Waals surface area contributed by atoms with Crippen LogP contribution in [0.25, 0.3) is 5.69 Å². The van der Waals surface area contributed by atoms with Gasteiger partial charge >= 0.3 is 0 Å². The molecule has 0 aliphatic rings. The predicted octanol–water partition coefficient (Wildman–Crippen LogP) is 3.29. The molecule has 0 unspecified atom stereocenters. The van der Waals surface area contributed by atoms with Crippen LogP contribution in [0.4, 0.5) is 4.39 Å². The number of carbonyl (C=O) groups is 1. The fourth-order valence-electron chi connectivity index (χ4n) is 1.96. The SMILES string of the molecule is O=C(c1cc(Cl)ccc1F)c1cnnn1-c1ccccc1. The monoisotopic (exact) mass is 301 g/mol. The minimum Gasteiger partial charge on any atom is -0.287 e. The van der Waals surface area contributed by atoms with Crippen LogP contribution in [0, 0.1) is 5.82 Å². The predicted molar refractivity (Wildman–Crippen MR) is 76.2 cm³/mol. The highest BCUT2D eigenvalue weighted by molar-refractivity contribution is 6.31. The lowest BCUT2D eigenvalue weighted by molar-refractivity contribution is 0.102. The molecule has 1 heterocycles. The number of hydrogen-bond acceptors (Lipinski definition) is 3. The molecule has 6 heteroatoms. The van der Waals surface area contributed by atoms with Crippen LogP contribution in [-0.2, 0) is 0 Å². The average Bonchev–Trinajstić information content (AvgIpc) is 2.99. The van der Waals surface area contributed by atoms with Crippen LogP contribution in [0.1, 0.15) is 16.1 Å². The smallest absolute Gasteiger partial charge is 0.216 e. The third-order valence-corrected chi connectivity index (χ3v) is 3.19. The maximum Gasteiger partial charge on any atom is 0.216 e. The Kier molecular flexibility index (Phi) is 3.50. The third kappa shape index (κ3) is 2.55. The number of hydrogen-bond donors (Lipinski definition) is 0. The van der Waals surface area contributed by atoms with Gasteiger partial charge in [-0.1, -0.05) is 35.0 Å². The second kappa shape index (κ2) is 5.46. The molecule has 0 bridgehead atoms. The van der Waals surface area contributed by atoms with Gasteiger partial charge in [-0.25, -0.2) is 9.07 Å². The zero-order chi connectivity index (χ0) is 14.8. The van der Waals surface area contributed by atoms with Crippen molar-refractivity contribution in [3.63, 3.8) is 0 Å². The molecule has 4 nitrogen and oxygen atoms in total. The molecule has 0 atom stereocenters. The summed E-state index contributed by atoms with van der Waals surface area (Å²) in [5.74, 6) is -1.16. The van der Waals surface area contributed by atoms with Gasteiger partial charge in [0.05, 0.1) is 17.4 Å². The van der Waals surface area contributed by atoms with Crippen LogP contribution in [0.3, 0.4) is 0 Å². The van der Waals surface area contributed by atoms with Gasteiger partial charge < -0.3 is 0 Å². The zero-order valence-electron chi connectivity index (χ0n) is 10.7. The molecular weight excluding hydrogens is 293 g/mol. The van der Waals surface area contributed by atoms with Crippen molar-refractivity contribution in [2.45, 2.75) is 0 Å². The first kappa shape index (κ1) is 13.5. The number of aromatic nitrogens is 3. The standard InChI is InChI=1S/C15H9ClFN3O/c16-10-6-7-13(17)12(8-10)15(21)14-9-18-19-20(14)11-4-2-1-3-5-11/h1-9H. The van der Waals surface area contributed by atoms with E-state index in [2.05, 4.69) is 10.3 Å². The van der Waals surface area contributed by atoms with E-state index in [9.17, 15) is 9.18 Å². The highest BCUT2D eigenvalue weighted by Crippen LogP contribution is 2.19. The molecule has 0 saturated carbocycles. The Balaban J connectivity index is 2.08. The summed E-state index contributed by atoms with van der Waals surface area (Å²) in [5, 5.41) is 7.90. The van der Waals surface area contributed by atoms with E-state index in [1.54, 1.807) is 12.1 Å². The summed E-state index contributed by atoms with van der Waals surface area (Å²) >= 11 is 5.82. The van der Waals surface area contributed by atoms with Crippen molar-refractivity contribution in [3.05, 3.63) is 76.8 Å². The molecule has 3 aromatic rings. The number of ketones is 1. The third-order valence-electron chi connectivity index (χ3n) is 2.96.